The minimum atomic E-state index is -0.349. The minimum Gasteiger partial charge on any atom is -0.426 e. The fraction of sp³-hybridized carbons (Fsp3) is 0.100. The van der Waals surface area contributed by atoms with Crippen LogP contribution in [0.1, 0.15) is 9.75 Å². The average molecular weight is 510 g/mol. The van der Waals surface area contributed by atoms with Crippen LogP contribution < -0.4 is 9.47 Å². The Labute approximate surface area is 177 Å². The van der Waals surface area contributed by atoms with Crippen LogP contribution >= 0.6 is 43.2 Å². The van der Waals surface area contributed by atoms with Gasteiger partial charge in [0.15, 0.2) is 0 Å². The van der Waals surface area contributed by atoms with E-state index < -0.39 is 0 Å². The lowest BCUT2D eigenvalue weighted by Crippen LogP contribution is -2.10. The predicted octanol–water partition coefficient (Wildman–Crippen LogP) is 5.57. The third-order valence-corrected chi connectivity index (χ3v) is 5.48. The van der Waals surface area contributed by atoms with Gasteiger partial charge >= 0.3 is 11.9 Å². The predicted molar refractivity (Wildman–Crippen MR) is 111 cm³/mol. The van der Waals surface area contributed by atoms with Crippen LogP contribution in [0.3, 0.4) is 0 Å². The van der Waals surface area contributed by atoms with Crippen LogP contribution in [0.5, 0.6) is 11.5 Å². The Morgan fingerprint density at radius 3 is 1.59 bits per heavy atom. The van der Waals surface area contributed by atoms with Crippen LogP contribution in [-0.2, 0) is 22.4 Å². The first-order valence-corrected chi connectivity index (χ1v) is 10.4. The molecule has 138 valence electrons. The maximum Gasteiger partial charge on any atom is 0.316 e. The first kappa shape index (κ1) is 19.8. The molecule has 1 heterocycles. The van der Waals surface area contributed by atoms with Gasteiger partial charge in [0, 0.05) is 18.7 Å². The van der Waals surface area contributed by atoms with E-state index in [0.717, 1.165) is 18.7 Å². The van der Waals surface area contributed by atoms with Crippen molar-refractivity contribution in [2.75, 3.05) is 0 Å². The lowest BCUT2D eigenvalue weighted by atomic mass is 10.3. The summed E-state index contributed by atoms with van der Waals surface area (Å²) in [5.41, 5.74) is 0. The van der Waals surface area contributed by atoms with Gasteiger partial charge in [0.25, 0.3) is 0 Å². The normalized spacial score (nSPS) is 10.4. The van der Waals surface area contributed by atoms with Crippen LogP contribution in [0.25, 0.3) is 0 Å². The summed E-state index contributed by atoms with van der Waals surface area (Å²) in [5.74, 6) is 0.281. The Balaban J connectivity index is 1.53. The van der Waals surface area contributed by atoms with E-state index in [-0.39, 0.29) is 24.8 Å². The van der Waals surface area contributed by atoms with Gasteiger partial charge in [-0.05, 0) is 48.5 Å². The standard InChI is InChI=1S/C20H14Br2O4S/c21-13-3-1-5-15(9-13)25-19(23)11-17-7-8-18(27-17)12-20(24)26-16-6-2-4-14(22)10-16/h1-10H,11-12H2. The van der Waals surface area contributed by atoms with Gasteiger partial charge in [-0.2, -0.15) is 0 Å². The van der Waals surface area contributed by atoms with E-state index >= 15 is 0 Å². The summed E-state index contributed by atoms with van der Waals surface area (Å²) in [5, 5.41) is 0. The summed E-state index contributed by atoms with van der Waals surface area (Å²) >= 11 is 8.07. The Kier molecular flexibility index (Phi) is 6.82. The maximum atomic E-state index is 12.1. The Morgan fingerprint density at radius 2 is 1.19 bits per heavy atom. The van der Waals surface area contributed by atoms with Gasteiger partial charge < -0.3 is 9.47 Å². The molecular weight excluding hydrogens is 496 g/mol. The number of thiophene rings is 1. The first-order chi connectivity index (χ1) is 13.0. The molecule has 1 aromatic heterocycles. The van der Waals surface area contributed by atoms with Crippen molar-refractivity contribution >= 4 is 55.1 Å². The molecular formula is C20H14Br2O4S. The molecule has 0 N–H and O–H groups in total. The molecule has 0 bridgehead atoms. The number of ether oxygens (including phenoxy) is 2. The maximum absolute atomic E-state index is 12.1. The Bertz CT molecular complexity index is 892. The van der Waals surface area contributed by atoms with Crippen molar-refractivity contribution in [2.45, 2.75) is 12.8 Å². The fourth-order valence-electron chi connectivity index (χ4n) is 2.29. The van der Waals surface area contributed by atoms with Crippen LogP contribution in [0.2, 0.25) is 0 Å². The van der Waals surface area contributed by atoms with Gasteiger partial charge in [0.05, 0.1) is 12.8 Å². The van der Waals surface area contributed by atoms with Crippen molar-refractivity contribution < 1.29 is 19.1 Å². The van der Waals surface area contributed by atoms with Crippen molar-refractivity contribution in [3.8, 4) is 11.5 Å². The van der Waals surface area contributed by atoms with Gasteiger partial charge in [0.1, 0.15) is 11.5 Å². The van der Waals surface area contributed by atoms with Crippen LogP contribution in [-0.4, -0.2) is 11.9 Å². The smallest absolute Gasteiger partial charge is 0.316 e. The minimum absolute atomic E-state index is 0.151. The monoisotopic (exact) mass is 508 g/mol. The molecule has 0 saturated heterocycles. The molecule has 0 spiro atoms. The number of benzene rings is 2. The number of carbonyl (C=O) groups is 2. The quantitative estimate of drug-likeness (QED) is 0.322. The second-order valence-electron chi connectivity index (χ2n) is 5.58. The van der Waals surface area contributed by atoms with Crippen LogP contribution in [0.4, 0.5) is 0 Å². The molecule has 0 fully saturated rings. The van der Waals surface area contributed by atoms with Crippen molar-refractivity contribution in [1.29, 1.82) is 0 Å². The average Bonchev–Trinajstić information content (AvgIpc) is 3.01. The van der Waals surface area contributed by atoms with Gasteiger partial charge in [-0.1, -0.05) is 44.0 Å². The van der Waals surface area contributed by atoms with E-state index in [4.69, 9.17) is 9.47 Å². The van der Waals surface area contributed by atoms with Crippen LogP contribution in [0, 0.1) is 0 Å². The summed E-state index contributed by atoms with van der Waals surface area (Å²) in [6.45, 7) is 0. The molecule has 0 unspecified atom stereocenters. The van der Waals surface area contributed by atoms with Crippen molar-refractivity contribution in [3.63, 3.8) is 0 Å². The van der Waals surface area contributed by atoms with E-state index in [9.17, 15) is 9.59 Å². The number of rotatable bonds is 6. The number of esters is 2. The lowest BCUT2D eigenvalue weighted by Gasteiger charge is -2.04. The van der Waals surface area contributed by atoms with Gasteiger partial charge in [-0.25, -0.2) is 0 Å². The van der Waals surface area contributed by atoms with E-state index in [1.54, 1.807) is 36.4 Å². The highest BCUT2D eigenvalue weighted by Gasteiger charge is 2.12. The molecule has 2 aromatic carbocycles. The van der Waals surface area contributed by atoms with Gasteiger partial charge in [-0.15, -0.1) is 11.3 Å². The molecule has 4 nitrogen and oxygen atoms in total. The molecule has 3 rings (SSSR count). The fourth-order valence-corrected chi connectivity index (χ4v) is 4.04. The molecule has 0 aliphatic rings. The first-order valence-electron chi connectivity index (χ1n) is 7.98. The Morgan fingerprint density at radius 1 is 0.741 bits per heavy atom. The SMILES string of the molecule is O=C(Cc1ccc(CC(=O)Oc2cccc(Br)c2)s1)Oc1cccc(Br)c1. The number of halogens is 2. The zero-order valence-electron chi connectivity index (χ0n) is 14.0. The highest BCUT2D eigenvalue weighted by molar-refractivity contribution is 9.10. The zero-order valence-corrected chi connectivity index (χ0v) is 18.0. The molecule has 3 aromatic rings. The van der Waals surface area contributed by atoms with E-state index in [0.29, 0.717) is 11.5 Å². The summed E-state index contributed by atoms with van der Waals surface area (Å²) < 4.78 is 12.3. The lowest BCUT2D eigenvalue weighted by molar-refractivity contribution is -0.134. The van der Waals surface area contributed by atoms with Crippen LogP contribution in [0.15, 0.2) is 69.6 Å². The third-order valence-electron chi connectivity index (χ3n) is 3.41. The molecule has 0 aliphatic carbocycles. The Hall–Kier alpha value is -1.96. The summed E-state index contributed by atoms with van der Waals surface area (Å²) in [6.07, 6.45) is 0.301. The topological polar surface area (TPSA) is 52.6 Å². The zero-order chi connectivity index (χ0) is 19.2. The molecule has 0 radical (unpaired) electrons. The molecule has 0 saturated carbocycles. The molecule has 0 aliphatic heterocycles. The van der Waals surface area contributed by atoms with E-state index in [1.165, 1.54) is 11.3 Å². The largest absolute Gasteiger partial charge is 0.426 e. The van der Waals surface area contributed by atoms with E-state index in [2.05, 4.69) is 31.9 Å². The molecule has 0 atom stereocenters. The molecule has 7 heteroatoms. The second kappa shape index (κ2) is 9.30. The van der Waals surface area contributed by atoms with Gasteiger partial charge in [0.2, 0.25) is 0 Å². The highest BCUT2D eigenvalue weighted by atomic mass is 79.9. The van der Waals surface area contributed by atoms with E-state index in [1.807, 2.05) is 24.3 Å². The number of hydrogen-bond donors (Lipinski definition) is 0. The third kappa shape index (κ3) is 6.30. The van der Waals surface area contributed by atoms with Crippen molar-refractivity contribution in [2.24, 2.45) is 0 Å². The van der Waals surface area contributed by atoms with Crippen molar-refractivity contribution in [3.05, 3.63) is 79.4 Å². The summed E-state index contributed by atoms with van der Waals surface area (Å²) in [7, 11) is 0. The number of hydrogen-bond acceptors (Lipinski definition) is 5. The second-order valence-corrected chi connectivity index (χ2v) is 8.67. The summed E-state index contributed by atoms with van der Waals surface area (Å²) in [4.78, 5) is 25.8. The van der Waals surface area contributed by atoms with Gasteiger partial charge in [-0.3, -0.25) is 9.59 Å². The molecule has 27 heavy (non-hydrogen) atoms. The molecule has 0 amide bonds. The van der Waals surface area contributed by atoms with Crippen molar-refractivity contribution in [1.82, 2.24) is 0 Å². The number of carbonyl (C=O) groups excluding carboxylic acids is 2. The highest BCUT2D eigenvalue weighted by Crippen LogP contribution is 2.22. The summed E-state index contributed by atoms with van der Waals surface area (Å²) in [6, 6.07) is 17.9.